The summed E-state index contributed by atoms with van der Waals surface area (Å²) in [6, 6.07) is 7.54. The third-order valence-electron chi connectivity index (χ3n) is 3.98. The molecular formula is C15H21NS. The predicted molar refractivity (Wildman–Crippen MR) is 77.1 cm³/mol. The first-order chi connectivity index (χ1) is 8.43. The minimum atomic E-state index is 0.713. The first-order valence-corrected chi connectivity index (χ1v) is 8.04. The molecule has 17 heavy (non-hydrogen) atoms. The number of rotatable bonds is 2. The van der Waals surface area contributed by atoms with Gasteiger partial charge in [0.05, 0.1) is 0 Å². The molecule has 1 N–H and O–H groups in total. The lowest BCUT2D eigenvalue weighted by Crippen LogP contribution is -2.25. The Kier molecular flexibility index (Phi) is 3.60. The molecule has 0 unspecified atom stereocenters. The van der Waals surface area contributed by atoms with Crippen LogP contribution in [0.3, 0.4) is 0 Å². The monoisotopic (exact) mass is 247 g/mol. The number of benzene rings is 1. The zero-order valence-corrected chi connectivity index (χ0v) is 11.2. The van der Waals surface area contributed by atoms with Crippen molar-refractivity contribution in [2.45, 2.75) is 44.6 Å². The third-order valence-corrected chi connectivity index (χ3v) is 5.03. The van der Waals surface area contributed by atoms with Crippen molar-refractivity contribution in [2.24, 2.45) is 0 Å². The van der Waals surface area contributed by atoms with E-state index in [1.54, 1.807) is 11.1 Å². The van der Waals surface area contributed by atoms with E-state index in [0.29, 0.717) is 6.04 Å². The molecule has 1 fully saturated rings. The van der Waals surface area contributed by atoms with Gasteiger partial charge in [0, 0.05) is 11.7 Å². The van der Waals surface area contributed by atoms with Crippen molar-refractivity contribution < 1.29 is 0 Å². The van der Waals surface area contributed by atoms with Crippen molar-refractivity contribution in [2.75, 3.05) is 16.8 Å². The van der Waals surface area contributed by atoms with E-state index >= 15 is 0 Å². The lowest BCUT2D eigenvalue weighted by Gasteiger charge is -2.27. The van der Waals surface area contributed by atoms with Crippen molar-refractivity contribution in [1.29, 1.82) is 0 Å². The maximum Gasteiger partial charge on any atom is 0.0377 e. The summed E-state index contributed by atoms with van der Waals surface area (Å²) in [7, 11) is 0. The number of nitrogens with one attached hydrogen (secondary N) is 1. The lowest BCUT2D eigenvalue weighted by molar-refractivity contribution is 0.656. The van der Waals surface area contributed by atoms with Crippen molar-refractivity contribution in [3.8, 4) is 0 Å². The van der Waals surface area contributed by atoms with Gasteiger partial charge in [-0.05, 0) is 67.2 Å². The molecule has 1 aliphatic heterocycles. The maximum atomic E-state index is 3.80. The highest BCUT2D eigenvalue weighted by Gasteiger charge is 2.17. The molecule has 1 aliphatic carbocycles. The van der Waals surface area contributed by atoms with Gasteiger partial charge in [-0.2, -0.15) is 11.8 Å². The zero-order valence-electron chi connectivity index (χ0n) is 10.4. The van der Waals surface area contributed by atoms with E-state index in [0.717, 1.165) is 0 Å². The van der Waals surface area contributed by atoms with Crippen molar-refractivity contribution in [3.05, 3.63) is 29.3 Å². The Bertz CT molecular complexity index is 383. The number of thioether (sulfide) groups is 1. The number of fused-ring (bicyclic) bond motifs is 1. The standard InChI is InChI=1S/C15H21NS/c1-2-6-14-12(4-1)5-3-7-15(14)16-13-8-10-17-11-9-13/h3,5,7,13,16H,1-2,4,6,8-11H2. The number of hydrogen-bond acceptors (Lipinski definition) is 2. The molecular weight excluding hydrogens is 226 g/mol. The van der Waals surface area contributed by atoms with Crippen LogP contribution in [0.25, 0.3) is 0 Å². The number of hydrogen-bond donors (Lipinski definition) is 1. The molecule has 1 aromatic rings. The minimum absolute atomic E-state index is 0.713. The van der Waals surface area contributed by atoms with Crippen molar-refractivity contribution in [1.82, 2.24) is 0 Å². The average molecular weight is 247 g/mol. The summed E-state index contributed by atoms with van der Waals surface area (Å²) in [5.74, 6) is 2.65. The number of anilines is 1. The Morgan fingerprint density at radius 3 is 2.76 bits per heavy atom. The predicted octanol–water partition coefficient (Wildman–Crippen LogP) is 3.87. The molecule has 2 heteroatoms. The van der Waals surface area contributed by atoms with Crippen LogP contribution in [0.15, 0.2) is 18.2 Å². The summed E-state index contributed by atoms with van der Waals surface area (Å²) in [6.45, 7) is 0. The van der Waals surface area contributed by atoms with E-state index in [1.807, 2.05) is 0 Å². The van der Waals surface area contributed by atoms with Crippen LogP contribution in [0, 0.1) is 0 Å². The first-order valence-electron chi connectivity index (χ1n) is 6.88. The average Bonchev–Trinajstić information content (AvgIpc) is 2.40. The molecule has 0 aromatic heterocycles. The summed E-state index contributed by atoms with van der Waals surface area (Å²) in [5.41, 5.74) is 4.63. The minimum Gasteiger partial charge on any atom is -0.382 e. The SMILES string of the molecule is c1cc2c(c(NC3CCSCC3)c1)CCCC2. The molecule has 0 saturated carbocycles. The summed E-state index contributed by atoms with van der Waals surface area (Å²) in [4.78, 5) is 0. The van der Waals surface area contributed by atoms with Crippen LogP contribution < -0.4 is 5.32 Å². The molecule has 0 bridgehead atoms. The van der Waals surface area contributed by atoms with Crippen LogP contribution >= 0.6 is 11.8 Å². The summed E-state index contributed by atoms with van der Waals surface area (Å²) >= 11 is 2.10. The van der Waals surface area contributed by atoms with Gasteiger partial charge in [-0.1, -0.05) is 12.1 Å². The summed E-state index contributed by atoms with van der Waals surface area (Å²) in [5, 5.41) is 3.80. The molecule has 1 saturated heterocycles. The smallest absolute Gasteiger partial charge is 0.0377 e. The van der Waals surface area contributed by atoms with Crippen LogP contribution in [0.4, 0.5) is 5.69 Å². The highest BCUT2D eigenvalue weighted by molar-refractivity contribution is 7.99. The van der Waals surface area contributed by atoms with Gasteiger partial charge in [0.2, 0.25) is 0 Å². The molecule has 1 nitrogen and oxygen atoms in total. The maximum absolute atomic E-state index is 3.80. The zero-order chi connectivity index (χ0) is 11.5. The van der Waals surface area contributed by atoms with Crippen molar-refractivity contribution in [3.63, 3.8) is 0 Å². The normalized spacial score (nSPS) is 20.9. The van der Waals surface area contributed by atoms with Gasteiger partial charge in [0.1, 0.15) is 0 Å². The topological polar surface area (TPSA) is 12.0 Å². The molecule has 0 amide bonds. The molecule has 0 spiro atoms. The van der Waals surface area contributed by atoms with Crippen LogP contribution in [-0.2, 0) is 12.8 Å². The van der Waals surface area contributed by atoms with E-state index in [-0.39, 0.29) is 0 Å². The van der Waals surface area contributed by atoms with Crippen LogP contribution in [0.1, 0.15) is 36.8 Å². The second-order valence-electron chi connectivity index (χ2n) is 5.18. The molecule has 1 aromatic carbocycles. The Hall–Kier alpha value is -0.630. The Morgan fingerprint density at radius 2 is 1.88 bits per heavy atom. The summed E-state index contributed by atoms with van der Waals surface area (Å²) in [6.07, 6.45) is 7.96. The van der Waals surface area contributed by atoms with Gasteiger partial charge in [-0.25, -0.2) is 0 Å². The fourth-order valence-electron chi connectivity index (χ4n) is 2.98. The molecule has 1 heterocycles. The van der Waals surface area contributed by atoms with Crippen LogP contribution in [0.2, 0.25) is 0 Å². The van der Waals surface area contributed by atoms with E-state index < -0.39 is 0 Å². The fourth-order valence-corrected chi connectivity index (χ4v) is 4.08. The van der Waals surface area contributed by atoms with Gasteiger partial charge < -0.3 is 5.32 Å². The fraction of sp³-hybridized carbons (Fsp3) is 0.600. The van der Waals surface area contributed by atoms with Gasteiger partial charge >= 0.3 is 0 Å². The van der Waals surface area contributed by atoms with Crippen molar-refractivity contribution >= 4 is 17.4 Å². The highest BCUT2D eigenvalue weighted by atomic mass is 32.2. The molecule has 2 aliphatic rings. The molecule has 3 rings (SSSR count). The largest absolute Gasteiger partial charge is 0.382 e. The van der Waals surface area contributed by atoms with Crippen LogP contribution in [0.5, 0.6) is 0 Å². The van der Waals surface area contributed by atoms with Crippen LogP contribution in [-0.4, -0.2) is 17.5 Å². The van der Waals surface area contributed by atoms with Gasteiger partial charge in [0.15, 0.2) is 0 Å². The van der Waals surface area contributed by atoms with E-state index in [1.165, 1.54) is 55.7 Å². The molecule has 0 radical (unpaired) electrons. The Balaban J connectivity index is 1.77. The van der Waals surface area contributed by atoms with Gasteiger partial charge in [-0.15, -0.1) is 0 Å². The van der Waals surface area contributed by atoms with E-state index in [9.17, 15) is 0 Å². The second kappa shape index (κ2) is 5.34. The Labute approximate surface area is 108 Å². The van der Waals surface area contributed by atoms with Gasteiger partial charge in [0.25, 0.3) is 0 Å². The Morgan fingerprint density at radius 1 is 1.06 bits per heavy atom. The van der Waals surface area contributed by atoms with Gasteiger partial charge in [-0.3, -0.25) is 0 Å². The lowest BCUT2D eigenvalue weighted by atomic mass is 9.90. The number of aryl methyl sites for hydroxylation is 1. The first kappa shape index (κ1) is 11.5. The summed E-state index contributed by atoms with van der Waals surface area (Å²) < 4.78 is 0. The third kappa shape index (κ3) is 2.62. The second-order valence-corrected chi connectivity index (χ2v) is 6.41. The van der Waals surface area contributed by atoms with E-state index in [2.05, 4.69) is 35.3 Å². The highest BCUT2D eigenvalue weighted by Crippen LogP contribution is 2.30. The quantitative estimate of drug-likeness (QED) is 0.851. The molecule has 92 valence electrons. The van der Waals surface area contributed by atoms with E-state index in [4.69, 9.17) is 0 Å². The molecule has 0 atom stereocenters.